The number of nitrogens with zero attached hydrogens (tertiary/aromatic N) is 2. The molecule has 1 saturated carbocycles. The zero-order valence-corrected chi connectivity index (χ0v) is 9.52. The summed E-state index contributed by atoms with van der Waals surface area (Å²) in [6, 6.07) is 1.63. The maximum Gasteiger partial charge on any atom is 0.339 e. The molecule has 0 aromatic carbocycles. The Morgan fingerprint density at radius 2 is 2.06 bits per heavy atom. The number of carboxylic acids is 1. The molecule has 0 aliphatic heterocycles. The molecule has 1 aliphatic rings. The van der Waals surface area contributed by atoms with Crippen molar-refractivity contribution in [2.75, 3.05) is 11.1 Å². The first kappa shape index (κ1) is 11.6. The minimum Gasteiger partial charge on any atom is -0.478 e. The van der Waals surface area contributed by atoms with Crippen LogP contribution in [0.1, 0.15) is 42.5 Å². The summed E-state index contributed by atoms with van der Waals surface area (Å²) in [5.74, 6) is -0.597. The molecule has 0 atom stereocenters. The molecule has 0 saturated heterocycles. The summed E-state index contributed by atoms with van der Waals surface area (Å²) in [5.41, 5.74) is 5.52. The third-order valence-corrected chi connectivity index (χ3v) is 2.99. The second kappa shape index (κ2) is 4.99. The lowest BCUT2D eigenvalue weighted by Gasteiger charge is -2.23. The average Bonchev–Trinajstić information content (AvgIpc) is 2.32. The Kier molecular flexibility index (Phi) is 3.41. The molecule has 6 heteroatoms. The van der Waals surface area contributed by atoms with Crippen LogP contribution in [-0.4, -0.2) is 27.3 Å². The normalized spacial score (nSPS) is 16.7. The highest BCUT2D eigenvalue weighted by Gasteiger charge is 2.18. The van der Waals surface area contributed by atoms with Gasteiger partial charge < -0.3 is 16.2 Å². The standard InChI is InChI=1S/C11H16N4O2/c12-9-6-8(11(16)17)10(15-14-9)13-7-4-2-1-3-5-7/h6-7H,1-5H2,(H2,12,14)(H,13,15)(H,16,17). The van der Waals surface area contributed by atoms with Gasteiger partial charge in [0.1, 0.15) is 11.4 Å². The van der Waals surface area contributed by atoms with E-state index in [2.05, 4.69) is 15.5 Å². The van der Waals surface area contributed by atoms with E-state index in [9.17, 15) is 4.79 Å². The molecule has 6 nitrogen and oxygen atoms in total. The summed E-state index contributed by atoms with van der Waals surface area (Å²) in [6.45, 7) is 0. The molecule has 2 rings (SSSR count). The molecular weight excluding hydrogens is 220 g/mol. The van der Waals surface area contributed by atoms with Crippen LogP contribution in [0, 0.1) is 0 Å². The van der Waals surface area contributed by atoms with E-state index in [0.717, 1.165) is 12.8 Å². The Morgan fingerprint density at radius 1 is 1.35 bits per heavy atom. The minimum atomic E-state index is -1.04. The molecule has 1 heterocycles. The third kappa shape index (κ3) is 2.83. The van der Waals surface area contributed by atoms with E-state index < -0.39 is 5.97 Å². The molecule has 0 bridgehead atoms. The van der Waals surface area contributed by atoms with Gasteiger partial charge in [0.15, 0.2) is 5.82 Å². The van der Waals surface area contributed by atoms with Crippen molar-refractivity contribution in [3.05, 3.63) is 11.6 Å². The van der Waals surface area contributed by atoms with Gasteiger partial charge in [-0.1, -0.05) is 19.3 Å². The van der Waals surface area contributed by atoms with Crippen LogP contribution in [0.25, 0.3) is 0 Å². The molecule has 1 aromatic heterocycles. The van der Waals surface area contributed by atoms with Gasteiger partial charge >= 0.3 is 5.97 Å². The highest BCUT2D eigenvalue weighted by Crippen LogP contribution is 2.22. The Hall–Kier alpha value is -1.85. The van der Waals surface area contributed by atoms with Crippen LogP contribution < -0.4 is 11.1 Å². The van der Waals surface area contributed by atoms with Crippen molar-refractivity contribution in [1.82, 2.24) is 10.2 Å². The molecule has 0 amide bonds. The number of nitrogens with two attached hydrogens (primary N) is 1. The van der Waals surface area contributed by atoms with Crippen molar-refractivity contribution in [2.45, 2.75) is 38.1 Å². The highest BCUT2D eigenvalue weighted by atomic mass is 16.4. The smallest absolute Gasteiger partial charge is 0.339 e. The van der Waals surface area contributed by atoms with Gasteiger partial charge in [-0.25, -0.2) is 4.79 Å². The zero-order chi connectivity index (χ0) is 12.3. The van der Waals surface area contributed by atoms with Crippen LogP contribution in [0.2, 0.25) is 0 Å². The van der Waals surface area contributed by atoms with E-state index in [1.807, 2.05) is 0 Å². The zero-order valence-electron chi connectivity index (χ0n) is 9.52. The first-order chi connectivity index (χ1) is 8.16. The summed E-state index contributed by atoms with van der Waals surface area (Å²) in [6.07, 6.45) is 5.68. The van der Waals surface area contributed by atoms with Crippen LogP contribution in [0.5, 0.6) is 0 Å². The number of aromatic carboxylic acids is 1. The maximum absolute atomic E-state index is 11.1. The molecule has 17 heavy (non-hydrogen) atoms. The van der Waals surface area contributed by atoms with Crippen molar-refractivity contribution >= 4 is 17.6 Å². The van der Waals surface area contributed by atoms with Gasteiger partial charge in [0.2, 0.25) is 0 Å². The number of aromatic nitrogens is 2. The van der Waals surface area contributed by atoms with Gasteiger partial charge in [0, 0.05) is 12.1 Å². The van der Waals surface area contributed by atoms with Gasteiger partial charge in [-0.05, 0) is 12.8 Å². The van der Waals surface area contributed by atoms with Gasteiger partial charge in [-0.2, -0.15) is 0 Å². The van der Waals surface area contributed by atoms with E-state index >= 15 is 0 Å². The van der Waals surface area contributed by atoms with Gasteiger partial charge in [0.05, 0.1) is 0 Å². The molecule has 1 aliphatic carbocycles. The SMILES string of the molecule is Nc1cc(C(=O)O)c(NC2CCCCC2)nn1. The fourth-order valence-electron chi connectivity index (χ4n) is 2.12. The Labute approximate surface area is 99.2 Å². The van der Waals surface area contributed by atoms with Crippen molar-refractivity contribution in [3.63, 3.8) is 0 Å². The largest absolute Gasteiger partial charge is 0.478 e. The molecule has 0 spiro atoms. The summed E-state index contributed by atoms with van der Waals surface area (Å²) >= 11 is 0. The monoisotopic (exact) mass is 236 g/mol. The fraction of sp³-hybridized carbons (Fsp3) is 0.545. The topological polar surface area (TPSA) is 101 Å². The maximum atomic E-state index is 11.1. The number of anilines is 2. The van der Waals surface area contributed by atoms with Crippen LogP contribution in [0.15, 0.2) is 6.07 Å². The fourth-order valence-corrected chi connectivity index (χ4v) is 2.12. The van der Waals surface area contributed by atoms with Crippen molar-refractivity contribution in [3.8, 4) is 0 Å². The predicted molar refractivity (Wildman–Crippen MR) is 63.9 cm³/mol. The number of carboxylic acid groups (broad SMARTS) is 1. The van der Waals surface area contributed by atoms with Crippen molar-refractivity contribution in [1.29, 1.82) is 0 Å². The Bertz CT molecular complexity index is 416. The number of carbonyl (C=O) groups is 1. The second-order valence-corrected chi connectivity index (χ2v) is 4.32. The van der Waals surface area contributed by atoms with E-state index in [1.54, 1.807) is 0 Å². The molecule has 0 unspecified atom stereocenters. The van der Waals surface area contributed by atoms with Crippen LogP contribution >= 0.6 is 0 Å². The summed E-state index contributed by atoms with van der Waals surface area (Å²) in [4.78, 5) is 11.1. The quantitative estimate of drug-likeness (QED) is 0.735. The van der Waals surface area contributed by atoms with Crippen molar-refractivity contribution < 1.29 is 9.90 Å². The lowest BCUT2D eigenvalue weighted by atomic mass is 9.95. The lowest BCUT2D eigenvalue weighted by Crippen LogP contribution is -2.24. The van der Waals surface area contributed by atoms with Gasteiger partial charge in [-0.15, -0.1) is 10.2 Å². The molecular formula is C11H16N4O2. The minimum absolute atomic E-state index is 0.0862. The Balaban J connectivity index is 2.16. The van der Waals surface area contributed by atoms with E-state index in [1.165, 1.54) is 25.3 Å². The molecule has 4 N–H and O–H groups in total. The number of hydrogen-bond donors (Lipinski definition) is 3. The van der Waals surface area contributed by atoms with Crippen LogP contribution in [0.3, 0.4) is 0 Å². The molecule has 0 radical (unpaired) electrons. The first-order valence-electron chi connectivity index (χ1n) is 5.80. The van der Waals surface area contributed by atoms with Crippen LogP contribution in [-0.2, 0) is 0 Å². The first-order valence-corrected chi connectivity index (χ1v) is 5.80. The Morgan fingerprint density at radius 3 is 2.71 bits per heavy atom. The predicted octanol–water partition coefficient (Wildman–Crippen LogP) is 1.50. The van der Waals surface area contributed by atoms with Gasteiger partial charge in [-0.3, -0.25) is 0 Å². The third-order valence-electron chi connectivity index (χ3n) is 2.99. The number of nitrogen functional groups attached to an aromatic ring is 1. The van der Waals surface area contributed by atoms with Gasteiger partial charge in [0.25, 0.3) is 0 Å². The van der Waals surface area contributed by atoms with E-state index in [0.29, 0.717) is 11.9 Å². The number of hydrogen-bond acceptors (Lipinski definition) is 5. The average molecular weight is 236 g/mol. The lowest BCUT2D eigenvalue weighted by molar-refractivity contribution is 0.0697. The van der Waals surface area contributed by atoms with E-state index in [-0.39, 0.29) is 11.4 Å². The van der Waals surface area contributed by atoms with Crippen LogP contribution in [0.4, 0.5) is 11.6 Å². The summed E-state index contributed by atoms with van der Waals surface area (Å²) in [5, 5.41) is 19.7. The summed E-state index contributed by atoms with van der Waals surface area (Å²) < 4.78 is 0. The highest BCUT2D eigenvalue weighted by molar-refractivity contribution is 5.93. The van der Waals surface area contributed by atoms with Crippen molar-refractivity contribution in [2.24, 2.45) is 0 Å². The van der Waals surface area contributed by atoms with E-state index in [4.69, 9.17) is 10.8 Å². The molecule has 1 fully saturated rings. The summed E-state index contributed by atoms with van der Waals surface area (Å²) in [7, 11) is 0. The number of rotatable bonds is 3. The molecule has 1 aromatic rings. The number of nitrogens with one attached hydrogen (secondary N) is 1. The second-order valence-electron chi connectivity index (χ2n) is 4.32. The molecule has 92 valence electrons.